The first kappa shape index (κ1) is 16.4. The first-order valence-electron chi connectivity index (χ1n) is 9.23. The molecular formula is C20H22N4O3. The van der Waals surface area contributed by atoms with Crippen LogP contribution >= 0.6 is 0 Å². The summed E-state index contributed by atoms with van der Waals surface area (Å²) in [5.41, 5.74) is 4.15. The SMILES string of the molecule is CC(C)(C)OC(=O)N1CC2(CCn3nc(-c4cnc5ccoc5c4)cc32)C1. The van der Waals surface area contributed by atoms with Crippen LogP contribution in [0.5, 0.6) is 0 Å². The van der Waals surface area contributed by atoms with Crippen molar-refractivity contribution in [1.29, 1.82) is 0 Å². The summed E-state index contributed by atoms with van der Waals surface area (Å²) in [5, 5.41) is 4.76. The van der Waals surface area contributed by atoms with Crippen molar-refractivity contribution >= 4 is 17.2 Å². The van der Waals surface area contributed by atoms with Gasteiger partial charge in [-0.1, -0.05) is 0 Å². The number of nitrogens with zero attached hydrogens (tertiary/aromatic N) is 4. The number of amides is 1. The van der Waals surface area contributed by atoms with Gasteiger partial charge in [0, 0.05) is 48.6 Å². The number of hydrogen-bond donors (Lipinski definition) is 0. The zero-order valence-electron chi connectivity index (χ0n) is 15.7. The van der Waals surface area contributed by atoms with E-state index >= 15 is 0 Å². The number of carbonyl (C=O) groups is 1. The van der Waals surface area contributed by atoms with Gasteiger partial charge < -0.3 is 14.1 Å². The van der Waals surface area contributed by atoms with Gasteiger partial charge in [0.05, 0.1) is 12.0 Å². The van der Waals surface area contributed by atoms with Gasteiger partial charge in [0.2, 0.25) is 0 Å². The normalized spacial score (nSPS) is 18.0. The quantitative estimate of drug-likeness (QED) is 0.658. The van der Waals surface area contributed by atoms with Crippen LogP contribution in [-0.4, -0.2) is 44.4 Å². The minimum absolute atomic E-state index is 0.00956. The number of fused-ring (bicyclic) bond motifs is 3. The van der Waals surface area contributed by atoms with E-state index in [0.717, 1.165) is 35.3 Å². The Morgan fingerprint density at radius 2 is 2.11 bits per heavy atom. The molecule has 5 heterocycles. The average molecular weight is 366 g/mol. The number of aromatic nitrogens is 3. The summed E-state index contributed by atoms with van der Waals surface area (Å²) >= 11 is 0. The van der Waals surface area contributed by atoms with Gasteiger partial charge in [-0.2, -0.15) is 5.10 Å². The first-order valence-corrected chi connectivity index (χ1v) is 9.23. The highest BCUT2D eigenvalue weighted by atomic mass is 16.6. The third-order valence-electron chi connectivity index (χ3n) is 5.36. The Hall–Kier alpha value is -2.83. The predicted octanol–water partition coefficient (Wildman–Crippen LogP) is 3.58. The monoisotopic (exact) mass is 366 g/mol. The molecule has 2 aliphatic heterocycles. The zero-order valence-corrected chi connectivity index (χ0v) is 15.7. The van der Waals surface area contributed by atoms with E-state index < -0.39 is 5.60 Å². The summed E-state index contributed by atoms with van der Waals surface area (Å²) in [6, 6.07) is 5.95. The van der Waals surface area contributed by atoms with Gasteiger partial charge in [-0.15, -0.1) is 0 Å². The molecule has 3 aromatic heterocycles. The van der Waals surface area contributed by atoms with E-state index in [-0.39, 0.29) is 11.5 Å². The summed E-state index contributed by atoms with van der Waals surface area (Å²) in [5.74, 6) is 0. The molecule has 1 saturated heterocycles. The number of carbonyl (C=O) groups excluding carboxylic acids is 1. The van der Waals surface area contributed by atoms with Crippen molar-refractivity contribution in [3.05, 3.63) is 36.4 Å². The lowest BCUT2D eigenvalue weighted by Crippen LogP contribution is -2.61. The number of aryl methyl sites for hydroxylation is 1. The second-order valence-electron chi connectivity index (χ2n) is 8.53. The van der Waals surface area contributed by atoms with E-state index in [4.69, 9.17) is 14.3 Å². The fraction of sp³-hybridized carbons (Fsp3) is 0.450. The lowest BCUT2D eigenvalue weighted by atomic mass is 9.76. The van der Waals surface area contributed by atoms with Gasteiger partial charge in [0.1, 0.15) is 11.1 Å². The number of ether oxygens (including phenoxy) is 1. The Bertz CT molecular complexity index is 1040. The maximum atomic E-state index is 12.3. The maximum Gasteiger partial charge on any atom is 0.410 e. The number of likely N-dealkylation sites (tertiary alicyclic amines) is 1. The van der Waals surface area contributed by atoms with Crippen LogP contribution in [0.25, 0.3) is 22.4 Å². The van der Waals surface area contributed by atoms with Crippen LogP contribution in [0.4, 0.5) is 4.79 Å². The van der Waals surface area contributed by atoms with Crippen molar-refractivity contribution in [2.75, 3.05) is 13.1 Å². The molecule has 0 aromatic carbocycles. The lowest BCUT2D eigenvalue weighted by Gasteiger charge is -2.47. The molecule has 0 aliphatic carbocycles. The molecule has 0 unspecified atom stereocenters. The molecule has 1 amide bonds. The summed E-state index contributed by atoms with van der Waals surface area (Å²) < 4.78 is 13.0. The van der Waals surface area contributed by atoms with Crippen molar-refractivity contribution < 1.29 is 13.9 Å². The number of pyridine rings is 1. The molecule has 7 nitrogen and oxygen atoms in total. The number of hydrogen-bond acceptors (Lipinski definition) is 5. The second kappa shape index (κ2) is 5.34. The van der Waals surface area contributed by atoms with Crippen molar-refractivity contribution in [3.8, 4) is 11.3 Å². The Kier molecular flexibility index (Phi) is 3.24. The number of rotatable bonds is 1. The molecule has 140 valence electrons. The average Bonchev–Trinajstić information content (AvgIpc) is 3.24. The molecule has 7 heteroatoms. The maximum absolute atomic E-state index is 12.3. The number of furan rings is 1. The van der Waals surface area contributed by atoms with Gasteiger partial charge in [-0.25, -0.2) is 4.79 Å². The predicted molar refractivity (Wildman–Crippen MR) is 99.3 cm³/mol. The molecule has 5 rings (SSSR count). The van der Waals surface area contributed by atoms with Crippen LogP contribution in [0.1, 0.15) is 32.9 Å². The third-order valence-corrected chi connectivity index (χ3v) is 5.36. The van der Waals surface area contributed by atoms with E-state index in [1.54, 1.807) is 11.2 Å². The minimum Gasteiger partial charge on any atom is -0.463 e. The molecule has 1 spiro atoms. The lowest BCUT2D eigenvalue weighted by molar-refractivity contribution is -0.00969. The third kappa shape index (κ3) is 2.60. The first-order chi connectivity index (χ1) is 12.8. The molecule has 0 radical (unpaired) electrons. The van der Waals surface area contributed by atoms with Crippen LogP contribution in [0.2, 0.25) is 0 Å². The smallest absolute Gasteiger partial charge is 0.410 e. The van der Waals surface area contributed by atoms with Crippen molar-refractivity contribution in [2.24, 2.45) is 0 Å². The Balaban J connectivity index is 1.38. The van der Waals surface area contributed by atoms with Crippen LogP contribution in [0.15, 0.2) is 35.1 Å². The summed E-state index contributed by atoms with van der Waals surface area (Å²) in [4.78, 5) is 18.5. The van der Waals surface area contributed by atoms with E-state index in [1.165, 1.54) is 5.69 Å². The topological polar surface area (TPSA) is 73.4 Å². The Morgan fingerprint density at radius 1 is 1.30 bits per heavy atom. The second-order valence-corrected chi connectivity index (χ2v) is 8.53. The summed E-state index contributed by atoms with van der Waals surface area (Å²) in [7, 11) is 0. The molecule has 0 atom stereocenters. The fourth-order valence-electron chi connectivity index (χ4n) is 4.05. The standard InChI is InChI=1S/C20H22N4O3/c1-19(2,3)27-18(25)23-11-20(12-23)5-6-24-17(20)9-15(22-24)13-8-16-14(21-10-13)4-7-26-16/h4,7-10H,5-6,11-12H2,1-3H3. The van der Waals surface area contributed by atoms with Crippen LogP contribution < -0.4 is 0 Å². The van der Waals surface area contributed by atoms with E-state index in [9.17, 15) is 4.79 Å². The Morgan fingerprint density at radius 3 is 2.89 bits per heavy atom. The van der Waals surface area contributed by atoms with E-state index in [1.807, 2.05) is 39.1 Å². The van der Waals surface area contributed by atoms with Crippen LogP contribution in [0, 0.1) is 0 Å². The summed E-state index contributed by atoms with van der Waals surface area (Å²) in [6.07, 6.45) is 4.24. The van der Waals surface area contributed by atoms with Gasteiger partial charge in [-0.05, 0) is 39.3 Å². The molecular weight excluding hydrogens is 344 g/mol. The van der Waals surface area contributed by atoms with Crippen molar-refractivity contribution in [3.63, 3.8) is 0 Å². The molecule has 0 N–H and O–H groups in total. The summed E-state index contributed by atoms with van der Waals surface area (Å²) in [6.45, 7) is 7.91. The zero-order chi connectivity index (χ0) is 18.8. The molecule has 2 aliphatic rings. The van der Waals surface area contributed by atoms with Gasteiger partial charge in [0.15, 0.2) is 5.58 Å². The van der Waals surface area contributed by atoms with E-state index in [0.29, 0.717) is 13.1 Å². The van der Waals surface area contributed by atoms with Crippen molar-refractivity contribution in [1.82, 2.24) is 19.7 Å². The minimum atomic E-state index is -0.470. The van der Waals surface area contributed by atoms with Crippen LogP contribution in [-0.2, 0) is 16.7 Å². The Labute approximate surface area is 156 Å². The van der Waals surface area contributed by atoms with Gasteiger partial charge in [-0.3, -0.25) is 9.67 Å². The molecule has 0 saturated carbocycles. The molecule has 1 fully saturated rings. The van der Waals surface area contributed by atoms with Crippen LogP contribution in [0.3, 0.4) is 0 Å². The highest BCUT2D eigenvalue weighted by Gasteiger charge is 2.52. The van der Waals surface area contributed by atoms with E-state index in [2.05, 4.69) is 15.7 Å². The van der Waals surface area contributed by atoms with Crippen molar-refractivity contribution in [2.45, 2.75) is 44.8 Å². The van der Waals surface area contributed by atoms with Gasteiger partial charge in [0.25, 0.3) is 0 Å². The largest absolute Gasteiger partial charge is 0.463 e. The molecule has 0 bridgehead atoms. The van der Waals surface area contributed by atoms with Gasteiger partial charge >= 0.3 is 6.09 Å². The highest BCUT2D eigenvalue weighted by molar-refractivity contribution is 5.78. The molecule has 3 aromatic rings. The molecule has 27 heavy (non-hydrogen) atoms. The highest BCUT2D eigenvalue weighted by Crippen LogP contribution is 2.44. The fourth-order valence-corrected chi connectivity index (χ4v) is 4.05.